The number of aromatic nitrogens is 1. The van der Waals surface area contributed by atoms with Crippen LogP contribution in [0.3, 0.4) is 0 Å². The van der Waals surface area contributed by atoms with E-state index in [0.717, 1.165) is 28.3 Å². The van der Waals surface area contributed by atoms with Crippen molar-refractivity contribution in [1.82, 2.24) is 4.98 Å². The van der Waals surface area contributed by atoms with E-state index in [4.69, 9.17) is 19.6 Å². The lowest BCUT2D eigenvalue weighted by Crippen LogP contribution is -1.97. The summed E-state index contributed by atoms with van der Waals surface area (Å²) in [7, 11) is 3.27. The molecule has 19 heavy (non-hydrogen) atoms. The van der Waals surface area contributed by atoms with E-state index < -0.39 is 0 Å². The molecular weight excluding hydrogens is 244 g/mol. The number of oxazole rings is 1. The Kier molecular flexibility index (Phi) is 3.76. The molecule has 0 radical (unpaired) electrons. The number of ether oxygens (including phenoxy) is 2. The molecule has 0 aliphatic heterocycles. The van der Waals surface area contributed by atoms with Crippen molar-refractivity contribution in [2.75, 3.05) is 14.2 Å². The second-order valence-electron chi connectivity index (χ2n) is 4.24. The molecule has 5 nitrogen and oxygen atoms in total. The summed E-state index contributed by atoms with van der Waals surface area (Å²) in [5.74, 6) is 2.74. The highest BCUT2D eigenvalue weighted by Crippen LogP contribution is 2.36. The fraction of sp³-hybridized carbons (Fsp3) is 0.357. The van der Waals surface area contributed by atoms with Gasteiger partial charge >= 0.3 is 0 Å². The van der Waals surface area contributed by atoms with E-state index in [9.17, 15) is 0 Å². The molecule has 0 fully saturated rings. The summed E-state index contributed by atoms with van der Waals surface area (Å²) >= 11 is 0. The van der Waals surface area contributed by atoms with Crippen LogP contribution in [0.15, 0.2) is 16.5 Å². The molecule has 0 unspecified atom stereocenters. The Bertz CT molecular complexity index is 591. The number of methoxy groups -OCH3 is 2. The lowest BCUT2D eigenvalue weighted by molar-refractivity contribution is 0.401. The molecule has 0 bridgehead atoms. The SMILES string of the molecule is COc1cc(-c2nc(CN)oc2C)c(OC)cc1C. The predicted octanol–water partition coefficient (Wildman–Crippen LogP) is 2.43. The molecule has 0 aliphatic carbocycles. The Balaban J connectivity index is 2.62. The first kappa shape index (κ1) is 13.4. The second-order valence-corrected chi connectivity index (χ2v) is 4.24. The maximum Gasteiger partial charge on any atom is 0.208 e. The zero-order valence-electron chi connectivity index (χ0n) is 11.6. The highest BCUT2D eigenvalue weighted by molar-refractivity contribution is 5.71. The summed E-state index contributed by atoms with van der Waals surface area (Å²) in [4.78, 5) is 4.38. The largest absolute Gasteiger partial charge is 0.496 e. The third kappa shape index (κ3) is 2.42. The molecule has 102 valence electrons. The van der Waals surface area contributed by atoms with Gasteiger partial charge in [-0.25, -0.2) is 4.98 Å². The lowest BCUT2D eigenvalue weighted by atomic mass is 10.1. The Labute approximate surface area is 112 Å². The minimum Gasteiger partial charge on any atom is -0.496 e. The van der Waals surface area contributed by atoms with Crippen molar-refractivity contribution in [3.05, 3.63) is 29.3 Å². The normalized spacial score (nSPS) is 10.6. The molecule has 0 saturated carbocycles. The second kappa shape index (κ2) is 5.32. The highest BCUT2D eigenvalue weighted by atomic mass is 16.5. The maximum absolute atomic E-state index is 5.55. The van der Waals surface area contributed by atoms with Gasteiger partial charge in [-0.2, -0.15) is 0 Å². The molecule has 1 aromatic carbocycles. The first-order valence-corrected chi connectivity index (χ1v) is 6.00. The monoisotopic (exact) mass is 262 g/mol. The van der Waals surface area contributed by atoms with Gasteiger partial charge in [-0.1, -0.05) is 0 Å². The van der Waals surface area contributed by atoms with E-state index in [0.29, 0.717) is 11.7 Å². The minimum absolute atomic E-state index is 0.270. The molecule has 5 heteroatoms. The summed E-state index contributed by atoms with van der Waals surface area (Å²) in [6, 6.07) is 3.82. The van der Waals surface area contributed by atoms with Gasteiger partial charge in [0.05, 0.1) is 20.8 Å². The van der Waals surface area contributed by atoms with Gasteiger partial charge in [-0.3, -0.25) is 0 Å². The van der Waals surface area contributed by atoms with Crippen molar-refractivity contribution < 1.29 is 13.9 Å². The van der Waals surface area contributed by atoms with Crippen LogP contribution in [0.25, 0.3) is 11.3 Å². The van der Waals surface area contributed by atoms with E-state index in [-0.39, 0.29) is 6.54 Å². The van der Waals surface area contributed by atoms with Crippen LogP contribution in [-0.2, 0) is 6.54 Å². The molecular formula is C14H18N2O3. The number of benzene rings is 1. The van der Waals surface area contributed by atoms with Gasteiger partial charge in [0.1, 0.15) is 23.0 Å². The van der Waals surface area contributed by atoms with Gasteiger partial charge < -0.3 is 19.6 Å². The Morgan fingerprint density at radius 2 is 1.84 bits per heavy atom. The van der Waals surface area contributed by atoms with E-state index in [2.05, 4.69) is 4.98 Å². The van der Waals surface area contributed by atoms with Gasteiger partial charge in [-0.05, 0) is 31.5 Å². The van der Waals surface area contributed by atoms with Crippen LogP contribution in [-0.4, -0.2) is 19.2 Å². The number of aryl methyl sites for hydroxylation is 2. The fourth-order valence-corrected chi connectivity index (χ4v) is 2.02. The average Bonchev–Trinajstić information content (AvgIpc) is 2.79. The van der Waals surface area contributed by atoms with Crippen LogP contribution in [0, 0.1) is 13.8 Å². The van der Waals surface area contributed by atoms with Crippen molar-refractivity contribution in [1.29, 1.82) is 0 Å². The molecule has 1 aromatic heterocycles. The molecule has 0 atom stereocenters. The zero-order chi connectivity index (χ0) is 14.0. The van der Waals surface area contributed by atoms with Crippen molar-refractivity contribution in [3.8, 4) is 22.8 Å². The van der Waals surface area contributed by atoms with Crippen LogP contribution in [0.1, 0.15) is 17.2 Å². The number of rotatable bonds is 4. The molecule has 0 saturated heterocycles. The zero-order valence-corrected chi connectivity index (χ0v) is 11.6. The third-order valence-corrected chi connectivity index (χ3v) is 2.99. The minimum atomic E-state index is 0.270. The summed E-state index contributed by atoms with van der Waals surface area (Å²) in [5, 5.41) is 0. The summed E-state index contributed by atoms with van der Waals surface area (Å²) in [6.45, 7) is 4.09. The number of nitrogens with zero attached hydrogens (tertiary/aromatic N) is 1. The van der Waals surface area contributed by atoms with Gasteiger partial charge in [0, 0.05) is 5.56 Å². The molecule has 0 aliphatic rings. The average molecular weight is 262 g/mol. The van der Waals surface area contributed by atoms with E-state index in [1.807, 2.05) is 26.0 Å². The topological polar surface area (TPSA) is 70.5 Å². The van der Waals surface area contributed by atoms with E-state index >= 15 is 0 Å². The molecule has 0 spiro atoms. The summed E-state index contributed by atoms with van der Waals surface area (Å²) < 4.78 is 16.2. The van der Waals surface area contributed by atoms with Gasteiger partial charge in [-0.15, -0.1) is 0 Å². The summed E-state index contributed by atoms with van der Waals surface area (Å²) in [5.41, 5.74) is 8.12. The fourth-order valence-electron chi connectivity index (χ4n) is 2.02. The number of hydrogen-bond acceptors (Lipinski definition) is 5. The Hall–Kier alpha value is -2.01. The third-order valence-electron chi connectivity index (χ3n) is 2.99. The first-order chi connectivity index (χ1) is 9.10. The van der Waals surface area contributed by atoms with Crippen LogP contribution in [0.5, 0.6) is 11.5 Å². The molecule has 2 aromatic rings. The van der Waals surface area contributed by atoms with Crippen LogP contribution in [0.2, 0.25) is 0 Å². The van der Waals surface area contributed by atoms with Crippen molar-refractivity contribution in [2.24, 2.45) is 5.73 Å². The maximum atomic E-state index is 5.55. The van der Waals surface area contributed by atoms with E-state index in [1.165, 1.54) is 0 Å². The molecule has 1 heterocycles. The standard InChI is InChI=1S/C14H18N2O3/c1-8-5-12(18-4)10(6-11(8)17-3)14-9(2)19-13(7-15)16-14/h5-6H,7,15H2,1-4H3. The van der Waals surface area contributed by atoms with Gasteiger partial charge in [0.15, 0.2) is 0 Å². The number of nitrogens with two attached hydrogens (primary N) is 1. The van der Waals surface area contributed by atoms with Crippen LogP contribution in [0.4, 0.5) is 0 Å². The highest BCUT2D eigenvalue weighted by Gasteiger charge is 2.17. The lowest BCUT2D eigenvalue weighted by Gasteiger charge is -2.11. The number of hydrogen-bond donors (Lipinski definition) is 1. The quantitative estimate of drug-likeness (QED) is 0.916. The van der Waals surface area contributed by atoms with Gasteiger partial charge in [0.2, 0.25) is 5.89 Å². The first-order valence-electron chi connectivity index (χ1n) is 6.00. The van der Waals surface area contributed by atoms with Gasteiger partial charge in [0.25, 0.3) is 0 Å². The molecule has 2 N–H and O–H groups in total. The molecule has 0 amide bonds. The predicted molar refractivity (Wildman–Crippen MR) is 72.4 cm³/mol. The van der Waals surface area contributed by atoms with Crippen LogP contribution >= 0.6 is 0 Å². The Morgan fingerprint density at radius 1 is 1.16 bits per heavy atom. The van der Waals surface area contributed by atoms with Crippen molar-refractivity contribution in [2.45, 2.75) is 20.4 Å². The van der Waals surface area contributed by atoms with Crippen molar-refractivity contribution >= 4 is 0 Å². The smallest absolute Gasteiger partial charge is 0.208 e. The molecule has 2 rings (SSSR count). The van der Waals surface area contributed by atoms with Crippen molar-refractivity contribution in [3.63, 3.8) is 0 Å². The van der Waals surface area contributed by atoms with E-state index in [1.54, 1.807) is 14.2 Å². The van der Waals surface area contributed by atoms with Crippen LogP contribution < -0.4 is 15.2 Å². The Morgan fingerprint density at radius 3 is 2.37 bits per heavy atom. The summed E-state index contributed by atoms with van der Waals surface area (Å²) in [6.07, 6.45) is 0.